The van der Waals surface area contributed by atoms with Crippen molar-refractivity contribution in [1.29, 1.82) is 0 Å². The van der Waals surface area contributed by atoms with E-state index < -0.39 is 5.60 Å². The molecule has 0 radical (unpaired) electrons. The van der Waals surface area contributed by atoms with Gasteiger partial charge < -0.3 is 14.9 Å². The van der Waals surface area contributed by atoms with E-state index in [4.69, 9.17) is 0 Å². The summed E-state index contributed by atoms with van der Waals surface area (Å²) in [6.45, 7) is 3.89. The maximum Gasteiger partial charge on any atom is 0.291 e. The number of hydrogen-bond donors (Lipinski definition) is 2. The molecule has 2 saturated heterocycles. The van der Waals surface area contributed by atoms with E-state index in [2.05, 4.69) is 32.2 Å². The SMILES string of the molecule is O=C(c1ncn[nH]1)N1CCN(CC2(O)CCCN(CCc3ccccc3)C2=O)CC1. The van der Waals surface area contributed by atoms with Gasteiger partial charge in [-0.05, 0) is 24.8 Å². The van der Waals surface area contributed by atoms with Gasteiger partial charge >= 0.3 is 0 Å². The lowest BCUT2D eigenvalue weighted by Gasteiger charge is -2.43. The van der Waals surface area contributed by atoms with E-state index in [0.29, 0.717) is 52.2 Å². The minimum atomic E-state index is -1.36. The smallest absolute Gasteiger partial charge is 0.291 e. The molecule has 0 saturated carbocycles. The lowest BCUT2D eigenvalue weighted by Crippen LogP contribution is -2.61. The molecule has 2 fully saturated rings. The van der Waals surface area contributed by atoms with Gasteiger partial charge in [0.2, 0.25) is 5.82 Å². The Kier molecular flexibility index (Phi) is 6.10. The summed E-state index contributed by atoms with van der Waals surface area (Å²) in [5.41, 5.74) is -0.168. The first kappa shape index (κ1) is 20.5. The molecule has 3 heterocycles. The number of carbonyl (C=O) groups is 2. The molecule has 2 N–H and O–H groups in total. The zero-order valence-electron chi connectivity index (χ0n) is 17.0. The van der Waals surface area contributed by atoms with E-state index in [1.54, 1.807) is 9.80 Å². The van der Waals surface area contributed by atoms with Gasteiger partial charge in [-0.3, -0.25) is 19.6 Å². The summed E-state index contributed by atoms with van der Waals surface area (Å²) in [5.74, 6) is -0.116. The zero-order chi connectivity index (χ0) is 21.0. The molecular weight excluding hydrogens is 384 g/mol. The fraction of sp³-hybridized carbons (Fsp3) is 0.524. The van der Waals surface area contributed by atoms with Crippen molar-refractivity contribution in [2.24, 2.45) is 0 Å². The Bertz CT molecular complexity index is 851. The molecular formula is C21H28N6O3. The summed E-state index contributed by atoms with van der Waals surface area (Å²) in [6, 6.07) is 10.1. The zero-order valence-corrected chi connectivity index (χ0v) is 17.0. The van der Waals surface area contributed by atoms with Crippen LogP contribution in [0.4, 0.5) is 0 Å². The Hall–Kier alpha value is -2.78. The molecule has 2 aromatic rings. The van der Waals surface area contributed by atoms with E-state index in [1.165, 1.54) is 11.9 Å². The van der Waals surface area contributed by atoms with Crippen molar-refractivity contribution < 1.29 is 14.7 Å². The Balaban J connectivity index is 1.30. The van der Waals surface area contributed by atoms with Crippen LogP contribution in [0, 0.1) is 0 Å². The van der Waals surface area contributed by atoms with Gasteiger partial charge in [0.1, 0.15) is 6.33 Å². The number of nitrogens with zero attached hydrogens (tertiary/aromatic N) is 5. The van der Waals surface area contributed by atoms with Crippen LogP contribution in [0.1, 0.15) is 29.0 Å². The molecule has 0 spiro atoms. The third-order valence-electron chi connectivity index (χ3n) is 5.98. The number of aliphatic hydroxyl groups is 1. The van der Waals surface area contributed by atoms with E-state index in [0.717, 1.165) is 12.8 Å². The predicted octanol–water partition coefficient (Wildman–Crippen LogP) is 0.159. The molecule has 30 heavy (non-hydrogen) atoms. The molecule has 0 bridgehead atoms. The number of amides is 2. The first-order valence-electron chi connectivity index (χ1n) is 10.5. The highest BCUT2D eigenvalue weighted by molar-refractivity contribution is 5.90. The van der Waals surface area contributed by atoms with Gasteiger partial charge in [-0.25, -0.2) is 4.98 Å². The lowest BCUT2D eigenvalue weighted by atomic mass is 9.90. The number of carbonyl (C=O) groups excluding carboxylic acids is 2. The van der Waals surface area contributed by atoms with E-state index in [-0.39, 0.29) is 17.6 Å². The summed E-state index contributed by atoms with van der Waals surface area (Å²) in [4.78, 5) is 34.9. The van der Waals surface area contributed by atoms with Crippen LogP contribution in [0.5, 0.6) is 0 Å². The molecule has 1 atom stereocenters. The monoisotopic (exact) mass is 412 g/mol. The fourth-order valence-electron chi connectivity index (χ4n) is 4.27. The molecule has 1 unspecified atom stereocenters. The van der Waals surface area contributed by atoms with E-state index in [9.17, 15) is 14.7 Å². The number of β-amino-alcohol motifs (C(OH)–C–C–N with tert-alkyl or cyclic N) is 1. The number of nitrogens with one attached hydrogen (secondary N) is 1. The maximum atomic E-state index is 13.0. The molecule has 160 valence electrons. The van der Waals surface area contributed by atoms with Crippen molar-refractivity contribution in [2.45, 2.75) is 24.9 Å². The molecule has 1 aromatic carbocycles. The van der Waals surface area contributed by atoms with Crippen molar-refractivity contribution in [3.8, 4) is 0 Å². The molecule has 9 heteroatoms. The van der Waals surface area contributed by atoms with Crippen molar-refractivity contribution in [3.63, 3.8) is 0 Å². The quantitative estimate of drug-likeness (QED) is 0.700. The van der Waals surface area contributed by atoms with Gasteiger partial charge in [0.05, 0.1) is 0 Å². The van der Waals surface area contributed by atoms with Crippen LogP contribution in [-0.2, 0) is 11.2 Å². The van der Waals surface area contributed by atoms with E-state index >= 15 is 0 Å². The number of aromatic amines is 1. The highest BCUT2D eigenvalue weighted by atomic mass is 16.3. The average molecular weight is 412 g/mol. The maximum absolute atomic E-state index is 13.0. The van der Waals surface area contributed by atoms with Crippen LogP contribution in [0.15, 0.2) is 36.7 Å². The number of likely N-dealkylation sites (tertiary alicyclic amines) is 1. The van der Waals surface area contributed by atoms with Gasteiger partial charge in [0.15, 0.2) is 5.60 Å². The van der Waals surface area contributed by atoms with Crippen molar-refractivity contribution in [3.05, 3.63) is 48.0 Å². The van der Waals surface area contributed by atoms with Gasteiger partial charge in [0.25, 0.3) is 11.8 Å². The van der Waals surface area contributed by atoms with Crippen molar-refractivity contribution >= 4 is 11.8 Å². The van der Waals surface area contributed by atoms with Gasteiger partial charge in [0, 0.05) is 45.8 Å². The van der Waals surface area contributed by atoms with Gasteiger partial charge in [-0.1, -0.05) is 30.3 Å². The molecule has 2 aliphatic heterocycles. The molecule has 0 aliphatic carbocycles. The minimum absolute atomic E-state index is 0.174. The van der Waals surface area contributed by atoms with Crippen LogP contribution in [-0.4, -0.2) is 98.2 Å². The second-order valence-corrected chi connectivity index (χ2v) is 8.07. The lowest BCUT2D eigenvalue weighted by molar-refractivity contribution is -0.159. The molecule has 1 aromatic heterocycles. The Morgan fingerprint density at radius 3 is 2.60 bits per heavy atom. The standard InChI is InChI=1S/C21H28N6O3/c28-19(18-22-16-23-24-18)26-13-11-25(12-14-26)15-21(30)8-4-9-27(20(21)29)10-7-17-5-2-1-3-6-17/h1-3,5-6,16,30H,4,7-15H2,(H,22,23,24). The summed E-state index contributed by atoms with van der Waals surface area (Å²) < 4.78 is 0. The molecule has 4 rings (SSSR count). The summed E-state index contributed by atoms with van der Waals surface area (Å²) >= 11 is 0. The largest absolute Gasteiger partial charge is 0.379 e. The van der Waals surface area contributed by atoms with Crippen molar-refractivity contribution in [1.82, 2.24) is 29.9 Å². The highest BCUT2D eigenvalue weighted by Crippen LogP contribution is 2.25. The van der Waals surface area contributed by atoms with Crippen LogP contribution in [0.3, 0.4) is 0 Å². The second-order valence-electron chi connectivity index (χ2n) is 8.07. The number of piperazine rings is 1. The second kappa shape index (κ2) is 8.93. The third kappa shape index (κ3) is 4.52. The van der Waals surface area contributed by atoms with Gasteiger partial charge in [-0.15, -0.1) is 0 Å². The van der Waals surface area contributed by atoms with Crippen LogP contribution in [0.25, 0.3) is 0 Å². The number of aromatic nitrogens is 3. The minimum Gasteiger partial charge on any atom is -0.379 e. The Labute approximate surface area is 175 Å². The molecule has 2 aliphatic rings. The summed E-state index contributed by atoms with van der Waals surface area (Å²) in [6.07, 6.45) is 3.37. The number of rotatable bonds is 6. The predicted molar refractivity (Wildman–Crippen MR) is 110 cm³/mol. The third-order valence-corrected chi connectivity index (χ3v) is 5.98. The molecule has 9 nitrogen and oxygen atoms in total. The normalized spacial score (nSPS) is 23.0. The summed E-state index contributed by atoms with van der Waals surface area (Å²) in [7, 11) is 0. The van der Waals surface area contributed by atoms with Crippen LogP contribution < -0.4 is 0 Å². The molecule has 2 amide bonds. The first-order chi connectivity index (χ1) is 14.5. The van der Waals surface area contributed by atoms with Gasteiger partial charge in [-0.2, -0.15) is 5.10 Å². The summed E-state index contributed by atoms with van der Waals surface area (Å²) in [5, 5.41) is 17.5. The number of piperidine rings is 1. The van der Waals surface area contributed by atoms with Crippen LogP contribution >= 0.6 is 0 Å². The number of benzene rings is 1. The number of hydrogen-bond acceptors (Lipinski definition) is 6. The van der Waals surface area contributed by atoms with Crippen LogP contribution in [0.2, 0.25) is 0 Å². The fourth-order valence-corrected chi connectivity index (χ4v) is 4.27. The Morgan fingerprint density at radius 1 is 1.13 bits per heavy atom. The highest BCUT2D eigenvalue weighted by Gasteiger charge is 2.43. The topological polar surface area (TPSA) is 106 Å². The number of H-pyrrole nitrogens is 1. The Morgan fingerprint density at radius 2 is 1.90 bits per heavy atom. The van der Waals surface area contributed by atoms with E-state index in [1.807, 2.05) is 18.2 Å². The van der Waals surface area contributed by atoms with Crippen molar-refractivity contribution in [2.75, 3.05) is 45.8 Å². The average Bonchev–Trinajstić information content (AvgIpc) is 3.31. The first-order valence-corrected chi connectivity index (χ1v) is 10.5.